The molecule has 7 nitrogen and oxygen atoms in total. The summed E-state index contributed by atoms with van der Waals surface area (Å²) < 4.78 is 21.3. The van der Waals surface area contributed by atoms with E-state index in [0.29, 0.717) is 19.0 Å². The molecule has 0 radical (unpaired) electrons. The van der Waals surface area contributed by atoms with Gasteiger partial charge >= 0.3 is 0 Å². The quantitative estimate of drug-likeness (QED) is 0.547. The molecule has 0 heterocycles. The Morgan fingerprint density at radius 3 is 1.52 bits per heavy atom. The summed E-state index contributed by atoms with van der Waals surface area (Å²) in [7, 11) is 8.27. The first-order valence-corrected chi connectivity index (χ1v) is 8.51. The lowest BCUT2D eigenvalue weighted by Gasteiger charge is -2.16. The first kappa shape index (κ1) is 20.2. The van der Waals surface area contributed by atoms with Crippen molar-refractivity contribution in [3.8, 4) is 23.0 Å². The predicted octanol–water partition coefficient (Wildman–Crippen LogP) is 2.59. The third kappa shape index (κ3) is 5.44. The molecule has 0 amide bonds. The number of guanidine groups is 1. The van der Waals surface area contributed by atoms with Gasteiger partial charge in [-0.05, 0) is 24.3 Å². The highest BCUT2D eigenvalue weighted by Gasteiger charge is 2.08. The topological polar surface area (TPSA) is 73.3 Å². The molecule has 0 aliphatic heterocycles. The van der Waals surface area contributed by atoms with Gasteiger partial charge < -0.3 is 29.6 Å². The van der Waals surface area contributed by atoms with E-state index >= 15 is 0 Å². The second-order valence-electron chi connectivity index (χ2n) is 5.63. The summed E-state index contributed by atoms with van der Waals surface area (Å²) in [6.07, 6.45) is 0. The maximum absolute atomic E-state index is 5.43. The fraction of sp³-hybridized carbons (Fsp3) is 0.350. The summed E-state index contributed by atoms with van der Waals surface area (Å²) >= 11 is 0. The van der Waals surface area contributed by atoms with E-state index in [0.717, 1.165) is 34.1 Å². The molecule has 0 bridgehead atoms. The molecule has 0 saturated carbocycles. The van der Waals surface area contributed by atoms with Crippen LogP contribution in [-0.4, -0.2) is 41.4 Å². The van der Waals surface area contributed by atoms with Crippen molar-refractivity contribution < 1.29 is 18.9 Å². The molecule has 0 aromatic heterocycles. The summed E-state index contributed by atoms with van der Waals surface area (Å²) in [5.74, 6) is 3.70. The second kappa shape index (κ2) is 10.2. The first-order chi connectivity index (χ1) is 13.1. The Balaban J connectivity index is 1.99. The van der Waals surface area contributed by atoms with E-state index in [4.69, 9.17) is 18.9 Å². The molecule has 0 spiro atoms. The van der Waals surface area contributed by atoms with Crippen LogP contribution in [0.2, 0.25) is 0 Å². The number of ether oxygens (including phenoxy) is 4. The summed E-state index contributed by atoms with van der Waals surface area (Å²) in [6, 6.07) is 11.4. The highest BCUT2D eigenvalue weighted by Crippen LogP contribution is 2.25. The Hall–Kier alpha value is -3.09. The van der Waals surface area contributed by atoms with Crippen molar-refractivity contribution in [3.63, 3.8) is 0 Å². The molecule has 2 aromatic rings. The number of nitrogens with zero attached hydrogens (tertiary/aromatic N) is 1. The van der Waals surface area contributed by atoms with Gasteiger partial charge in [0.2, 0.25) is 0 Å². The van der Waals surface area contributed by atoms with Crippen LogP contribution >= 0.6 is 0 Å². The maximum atomic E-state index is 5.43. The van der Waals surface area contributed by atoms with Crippen LogP contribution in [0.3, 0.4) is 0 Å². The minimum Gasteiger partial charge on any atom is -0.497 e. The number of aliphatic imine (C=N–C) groups is 1. The van der Waals surface area contributed by atoms with Gasteiger partial charge in [0, 0.05) is 43.4 Å². The van der Waals surface area contributed by atoms with Gasteiger partial charge in [0.05, 0.1) is 28.4 Å². The average Bonchev–Trinajstić information content (AvgIpc) is 2.73. The van der Waals surface area contributed by atoms with E-state index in [1.165, 1.54) is 0 Å². The molecule has 0 fully saturated rings. The van der Waals surface area contributed by atoms with Crippen molar-refractivity contribution in [3.05, 3.63) is 47.5 Å². The van der Waals surface area contributed by atoms with Gasteiger partial charge in [0.15, 0.2) is 5.96 Å². The normalized spacial score (nSPS) is 9.96. The zero-order valence-electron chi connectivity index (χ0n) is 16.5. The third-order valence-corrected chi connectivity index (χ3v) is 4.10. The fourth-order valence-electron chi connectivity index (χ4n) is 2.57. The highest BCUT2D eigenvalue weighted by molar-refractivity contribution is 5.79. The molecule has 146 valence electrons. The number of hydrogen-bond acceptors (Lipinski definition) is 5. The van der Waals surface area contributed by atoms with Gasteiger partial charge in [-0.15, -0.1) is 0 Å². The van der Waals surface area contributed by atoms with E-state index in [9.17, 15) is 0 Å². The molecular formula is C20H27N3O4. The molecule has 7 heteroatoms. The van der Waals surface area contributed by atoms with Crippen LogP contribution < -0.4 is 29.6 Å². The van der Waals surface area contributed by atoms with Crippen LogP contribution in [0.5, 0.6) is 23.0 Å². The van der Waals surface area contributed by atoms with E-state index < -0.39 is 0 Å². The van der Waals surface area contributed by atoms with Crippen molar-refractivity contribution in [1.29, 1.82) is 0 Å². The van der Waals surface area contributed by atoms with E-state index in [1.54, 1.807) is 35.5 Å². The first-order valence-electron chi connectivity index (χ1n) is 8.51. The average molecular weight is 373 g/mol. The van der Waals surface area contributed by atoms with Crippen LogP contribution in [-0.2, 0) is 13.1 Å². The van der Waals surface area contributed by atoms with Crippen molar-refractivity contribution in [2.75, 3.05) is 35.5 Å². The van der Waals surface area contributed by atoms with Gasteiger partial charge in [-0.2, -0.15) is 0 Å². The standard InChI is InChI=1S/C20H27N3O4/c1-21-20(22-12-14-6-8-16(24-2)10-18(14)26-4)23-13-15-7-9-17(25-3)11-19(15)27-5/h6-11H,12-13H2,1-5H3,(H2,21,22,23). The number of rotatable bonds is 8. The van der Waals surface area contributed by atoms with Crippen LogP contribution in [0.15, 0.2) is 41.4 Å². The summed E-state index contributed by atoms with van der Waals surface area (Å²) in [5.41, 5.74) is 2.01. The Kier molecular flexibility index (Phi) is 7.61. The number of methoxy groups -OCH3 is 4. The largest absolute Gasteiger partial charge is 0.497 e. The van der Waals surface area contributed by atoms with Crippen LogP contribution in [0.25, 0.3) is 0 Å². The third-order valence-electron chi connectivity index (χ3n) is 4.10. The molecule has 2 rings (SSSR count). The zero-order valence-corrected chi connectivity index (χ0v) is 16.5. The molecule has 0 aliphatic rings. The van der Waals surface area contributed by atoms with E-state index in [1.807, 2.05) is 36.4 Å². The molecular weight excluding hydrogens is 346 g/mol. The molecule has 2 aromatic carbocycles. The van der Waals surface area contributed by atoms with Crippen LogP contribution in [0, 0.1) is 0 Å². The molecule has 0 saturated heterocycles. The Morgan fingerprint density at radius 1 is 0.741 bits per heavy atom. The van der Waals surface area contributed by atoms with Gasteiger partial charge in [-0.3, -0.25) is 4.99 Å². The molecule has 0 unspecified atom stereocenters. The minimum absolute atomic E-state index is 0.562. The highest BCUT2D eigenvalue weighted by atomic mass is 16.5. The van der Waals surface area contributed by atoms with Gasteiger partial charge in [-0.1, -0.05) is 0 Å². The van der Waals surface area contributed by atoms with Crippen LogP contribution in [0.1, 0.15) is 11.1 Å². The van der Waals surface area contributed by atoms with Crippen molar-refractivity contribution in [2.45, 2.75) is 13.1 Å². The van der Waals surface area contributed by atoms with Crippen LogP contribution in [0.4, 0.5) is 0 Å². The monoisotopic (exact) mass is 373 g/mol. The van der Waals surface area contributed by atoms with Gasteiger partial charge in [0.25, 0.3) is 0 Å². The predicted molar refractivity (Wildman–Crippen MR) is 106 cm³/mol. The summed E-state index contributed by atoms with van der Waals surface area (Å²) in [5, 5.41) is 6.56. The molecule has 0 aliphatic carbocycles. The molecule has 0 atom stereocenters. The van der Waals surface area contributed by atoms with Crippen molar-refractivity contribution >= 4 is 5.96 Å². The Bertz CT molecular complexity index is 716. The fourth-order valence-corrected chi connectivity index (χ4v) is 2.57. The lowest BCUT2D eigenvalue weighted by Crippen LogP contribution is -2.36. The van der Waals surface area contributed by atoms with Gasteiger partial charge in [-0.25, -0.2) is 0 Å². The van der Waals surface area contributed by atoms with E-state index in [-0.39, 0.29) is 0 Å². The number of benzene rings is 2. The lowest BCUT2D eigenvalue weighted by atomic mass is 10.2. The summed E-state index contributed by atoms with van der Waals surface area (Å²) in [6.45, 7) is 1.12. The van der Waals surface area contributed by atoms with Crippen molar-refractivity contribution in [1.82, 2.24) is 10.6 Å². The van der Waals surface area contributed by atoms with Gasteiger partial charge in [0.1, 0.15) is 23.0 Å². The molecule has 2 N–H and O–H groups in total. The van der Waals surface area contributed by atoms with E-state index in [2.05, 4.69) is 15.6 Å². The Morgan fingerprint density at radius 2 is 1.19 bits per heavy atom. The minimum atomic E-state index is 0.562. The SMILES string of the molecule is CN=C(NCc1ccc(OC)cc1OC)NCc1ccc(OC)cc1OC. The lowest BCUT2D eigenvalue weighted by molar-refractivity contribution is 0.390. The number of hydrogen-bond donors (Lipinski definition) is 2. The molecule has 27 heavy (non-hydrogen) atoms. The summed E-state index contributed by atoms with van der Waals surface area (Å²) in [4.78, 5) is 4.26. The maximum Gasteiger partial charge on any atom is 0.191 e. The smallest absolute Gasteiger partial charge is 0.191 e. The Labute approximate surface area is 160 Å². The zero-order chi connectivity index (χ0) is 19.6. The number of nitrogens with one attached hydrogen (secondary N) is 2. The second-order valence-corrected chi connectivity index (χ2v) is 5.63. The van der Waals surface area contributed by atoms with Crippen molar-refractivity contribution in [2.24, 2.45) is 4.99 Å².